The van der Waals surface area contributed by atoms with E-state index in [1.807, 2.05) is 0 Å². The van der Waals surface area contributed by atoms with Gasteiger partial charge in [0, 0.05) is 11.1 Å². The Bertz CT molecular complexity index is 1070. The molecule has 0 amide bonds. The maximum atomic E-state index is 5.21. The summed E-state index contributed by atoms with van der Waals surface area (Å²) in [4.78, 5) is 5.21. The van der Waals surface area contributed by atoms with Crippen molar-refractivity contribution in [3.8, 4) is 0 Å². The smallest absolute Gasteiger partial charge is 0.101 e. The van der Waals surface area contributed by atoms with E-state index in [0.717, 1.165) is 5.71 Å². The van der Waals surface area contributed by atoms with Crippen molar-refractivity contribution in [2.75, 3.05) is 0 Å². The van der Waals surface area contributed by atoms with Crippen LogP contribution < -0.4 is 0 Å². The summed E-state index contributed by atoms with van der Waals surface area (Å²) in [5, 5.41) is 2.60. The molecule has 1 heterocycles. The van der Waals surface area contributed by atoms with E-state index in [2.05, 4.69) is 97.1 Å². The molecule has 4 aromatic carbocycles. The molecule has 1 atom stereocenters. The van der Waals surface area contributed by atoms with E-state index in [1.54, 1.807) is 0 Å². The lowest BCUT2D eigenvalue weighted by Crippen LogP contribution is -2.14. The van der Waals surface area contributed by atoms with Gasteiger partial charge >= 0.3 is 0 Å². The van der Waals surface area contributed by atoms with Crippen molar-refractivity contribution in [3.05, 3.63) is 119 Å². The Morgan fingerprint density at radius 1 is 0.600 bits per heavy atom. The third-order valence-electron chi connectivity index (χ3n) is 4.91. The van der Waals surface area contributed by atoms with Crippen LogP contribution in [0.5, 0.6) is 0 Å². The molecule has 1 aliphatic heterocycles. The second-order valence-corrected chi connectivity index (χ2v) is 6.41. The van der Waals surface area contributed by atoms with Crippen LogP contribution in [0, 0.1) is 0 Å². The highest BCUT2D eigenvalue weighted by Crippen LogP contribution is 2.39. The summed E-state index contributed by atoms with van der Waals surface area (Å²) in [5.74, 6) is 0. The first kappa shape index (κ1) is 14.2. The van der Waals surface area contributed by atoms with Crippen molar-refractivity contribution >= 4 is 16.5 Å². The highest BCUT2D eigenvalue weighted by atomic mass is 14.8. The fourth-order valence-corrected chi connectivity index (χ4v) is 3.78. The molecule has 1 heteroatoms. The minimum absolute atomic E-state index is 0.0370. The lowest BCUT2D eigenvalue weighted by Gasteiger charge is -2.25. The summed E-state index contributed by atoms with van der Waals surface area (Å²) in [6.07, 6.45) is 0. The van der Waals surface area contributed by atoms with E-state index in [1.165, 1.54) is 33.0 Å². The molecule has 25 heavy (non-hydrogen) atoms. The van der Waals surface area contributed by atoms with Crippen LogP contribution in [0.15, 0.2) is 102 Å². The average molecular weight is 319 g/mol. The molecule has 0 radical (unpaired) electrons. The van der Waals surface area contributed by atoms with Gasteiger partial charge in [-0.1, -0.05) is 97.1 Å². The third-order valence-corrected chi connectivity index (χ3v) is 4.91. The summed E-state index contributed by atoms with van der Waals surface area (Å²) in [5.41, 5.74) is 6.01. The summed E-state index contributed by atoms with van der Waals surface area (Å²) >= 11 is 0. The lowest BCUT2D eigenvalue weighted by molar-refractivity contribution is 0.875. The lowest BCUT2D eigenvalue weighted by atomic mass is 9.85. The van der Waals surface area contributed by atoms with Crippen molar-refractivity contribution < 1.29 is 0 Å². The Morgan fingerprint density at radius 3 is 2.04 bits per heavy atom. The molecule has 0 aromatic heterocycles. The molecule has 4 aromatic rings. The number of hydrogen-bond acceptors (Lipinski definition) is 1. The molecule has 0 bridgehead atoms. The van der Waals surface area contributed by atoms with Gasteiger partial charge in [0.2, 0.25) is 0 Å². The quantitative estimate of drug-likeness (QED) is 0.444. The minimum Gasteiger partial charge on any atom is -0.271 e. The van der Waals surface area contributed by atoms with Crippen LogP contribution >= 0.6 is 0 Å². The Balaban J connectivity index is 1.84. The fraction of sp³-hybridized carbons (Fsp3) is 0.0417. The number of aliphatic imine (C=N–C) groups is 1. The molecule has 0 fully saturated rings. The SMILES string of the molecule is c1ccc(C2=NC(c3ccccc3)c3cccc4cccc2c34)cc1. The molecule has 5 rings (SSSR count). The molecule has 0 spiro atoms. The molecule has 0 saturated heterocycles. The zero-order chi connectivity index (χ0) is 16.6. The molecular weight excluding hydrogens is 302 g/mol. The van der Waals surface area contributed by atoms with Crippen molar-refractivity contribution in [1.29, 1.82) is 0 Å². The van der Waals surface area contributed by atoms with Gasteiger partial charge in [0.1, 0.15) is 6.04 Å². The van der Waals surface area contributed by atoms with Crippen molar-refractivity contribution in [1.82, 2.24) is 0 Å². The first-order valence-corrected chi connectivity index (χ1v) is 8.62. The number of rotatable bonds is 2. The minimum atomic E-state index is 0.0370. The van der Waals surface area contributed by atoms with Gasteiger partial charge in [-0.3, -0.25) is 4.99 Å². The first-order valence-electron chi connectivity index (χ1n) is 8.62. The van der Waals surface area contributed by atoms with Gasteiger partial charge in [-0.25, -0.2) is 0 Å². The maximum Gasteiger partial charge on any atom is 0.101 e. The van der Waals surface area contributed by atoms with Gasteiger partial charge in [0.25, 0.3) is 0 Å². The fourth-order valence-electron chi connectivity index (χ4n) is 3.78. The topological polar surface area (TPSA) is 12.4 Å². The van der Waals surface area contributed by atoms with Gasteiger partial charge < -0.3 is 0 Å². The van der Waals surface area contributed by atoms with Gasteiger partial charge in [0.05, 0.1) is 5.71 Å². The van der Waals surface area contributed by atoms with E-state index in [-0.39, 0.29) is 6.04 Å². The van der Waals surface area contributed by atoms with Crippen LogP contribution in [0.2, 0.25) is 0 Å². The normalized spacial score (nSPS) is 15.8. The third kappa shape index (κ3) is 2.28. The highest BCUT2D eigenvalue weighted by molar-refractivity contribution is 6.21. The van der Waals surface area contributed by atoms with Crippen molar-refractivity contribution in [3.63, 3.8) is 0 Å². The second kappa shape index (κ2) is 5.71. The molecule has 1 unspecified atom stereocenters. The van der Waals surface area contributed by atoms with E-state index in [9.17, 15) is 0 Å². The van der Waals surface area contributed by atoms with Crippen LogP contribution in [0.3, 0.4) is 0 Å². The van der Waals surface area contributed by atoms with E-state index < -0.39 is 0 Å². The van der Waals surface area contributed by atoms with Gasteiger partial charge in [0.15, 0.2) is 0 Å². The second-order valence-electron chi connectivity index (χ2n) is 6.41. The Labute approximate surface area is 147 Å². The summed E-state index contributed by atoms with van der Waals surface area (Å²) in [6.45, 7) is 0. The molecular formula is C24H17N. The van der Waals surface area contributed by atoms with Gasteiger partial charge in [-0.05, 0) is 21.9 Å². The Morgan fingerprint density at radius 2 is 1.28 bits per heavy atom. The largest absolute Gasteiger partial charge is 0.271 e. The standard InChI is InChI=1S/C24H17N/c1-3-9-18(10-4-1)23-20-15-7-13-17-14-8-16-21(22(17)20)24(25-23)19-11-5-2-6-12-19/h1-16,23H. The van der Waals surface area contributed by atoms with E-state index in [4.69, 9.17) is 4.99 Å². The van der Waals surface area contributed by atoms with Crippen molar-refractivity contribution in [2.45, 2.75) is 6.04 Å². The predicted molar refractivity (Wildman–Crippen MR) is 104 cm³/mol. The molecule has 0 saturated carbocycles. The molecule has 1 aliphatic rings. The molecule has 118 valence electrons. The van der Waals surface area contributed by atoms with Gasteiger partial charge in [-0.15, -0.1) is 0 Å². The van der Waals surface area contributed by atoms with Crippen LogP contribution in [0.25, 0.3) is 10.8 Å². The van der Waals surface area contributed by atoms with E-state index >= 15 is 0 Å². The maximum absolute atomic E-state index is 5.21. The van der Waals surface area contributed by atoms with Crippen molar-refractivity contribution in [2.24, 2.45) is 4.99 Å². The zero-order valence-electron chi connectivity index (χ0n) is 13.8. The zero-order valence-corrected chi connectivity index (χ0v) is 13.8. The Kier molecular flexibility index (Phi) is 3.24. The highest BCUT2D eigenvalue weighted by Gasteiger charge is 2.25. The van der Waals surface area contributed by atoms with Crippen LogP contribution in [0.1, 0.15) is 28.3 Å². The van der Waals surface area contributed by atoms with Gasteiger partial charge in [-0.2, -0.15) is 0 Å². The first-order chi connectivity index (χ1) is 12.4. The summed E-state index contributed by atoms with van der Waals surface area (Å²) in [6, 6.07) is 34.2. The van der Waals surface area contributed by atoms with E-state index in [0.29, 0.717) is 0 Å². The van der Waals surface area contributed by atoms with Crippen LogP contribution in [0.4, 0.5) is 0 Å². The summed E-state index contributed by atoms with van der Waals surface area (Å²) < 4.78 is 0. The number of hydrogen-bond donors (Lipinski definition) is 0. The number of benzene rings is 4. The molecule has 1 nitrogen and oxygen atoms in total. The van der Waals surface area contributed by atoms with Crippen LogP contribution in [-0.4, -0.2) is 5.71 Å². The Hall–Kier alpha value is -3.19. The summed E-state index contributed by atoms with van der Waals surface area (Å²) in [7, 11) is 0. The molecule has 0 aliphatic carbocycles. The average Bonchev–Trinajstić information content (AvgIpc) is 2.70. The number of nitrogens with zero attached hydrogens (tertiary/aromatic N) is 1. The molecule has 0 N–H and O–H groups in total. The predicted octanol–water partition coefficient (Wildman–Crippen LogP) is 5.78. The van der Waals surface area contributed by atoms with Crippen LogP contribution in [-0.2, 0) is 0 Å². The monoisotopic (exact) mass is 319 g/mol.